The van der Waals surface area contributed by atoms with Crippen LogP contribution in [0.4, 0.5) is 25.1 Å². The predicted molar refractivity (Wildman–Crippen MR) is 124 cm³/mol. The summed E-state index contributed by atoms with van der Waals surface area (Å²) in [5, 5.41) is 9.28. The van der Waals surface area contributed by atoms with E-state index in [4.69, 9.17) is 4.74 Å². The van der Waals surface area contributed by atoms with Crippen LogP contribution in [0.15, 0.2) is 49.2 Å². The van der Waals surface area contributed by atoms with E-state index >= 15 is 0 Å². The van der Waals surface area contributed by atoms with Gasteiger partial charge in [0.15, 0.2) is 5.82 Å². The molecule has 0 saturated carbocycles. The maximum Gasteiger partial charge on any atom is 0.413 e. The monoisotopic (exact) mass is 494 g/mol. The van der Waals surface area contributed by atoms with Crippen molar-refractivity contribution < 1.29 is 23.1 Å². The molecule has 2 N–H and O–H groups in total. The predicted octanol–water partition coefficient (Wildman–Crippen LogP) is 3.82. The Labute approximate surface area is 203 Å². The molecule has 0 saturated heterocycles. The second kappa shape index (κ2) is 10.2. The molecule has 2 amide bonds. The number of halogens is 2. The zero-order valence-electron chi connectivity index (χ0n) is 19.4. The van der Waals surface area contributed by atoms with Crippen molar-refractivity contribution in [2.24, 2.45) is 7.05 Å². The third-order valence-corrected chi connectivity index (χ3v) is 5.04. The van der Waals surface area contributed by atoms with Crippen molar-refractivity contribution in [1.82, 2.24) is 29.7 Å². The first-order valence-corrected chi connectivity index (χ1v) is 10.6. The number of pyridine rings is 2. The maximum atomic E-state index is 13.9. The molecule has 4 rings (SSSR count). The molecular weight excluding hydrogens is 474 g/mol. The lowest BCUT2D eigenvalue weighted by molar-refractivity contribution is 0.102. The number of hydrogen-bond acceptors (Lipinski definition) is 8. The Hall–Kier alpha value is -4.81. The summed E-state index contributed by atoms with van der Waals surface area (Å²) in [7, 11) is 1.57. The van der Waals surface area contributed by atoms with Gasteiger partial charge in [0, 0.05) is 18.9 Å². The first-order valence-electron chi connectivity index (χ1n) is 10.6. The molecular formula is C23H20F2N8O3. The van der Waals surface area contributed by atoms with E-state index in [1.807, 2.05) is 6.92 Å². The Morgan fingerprint density at radius 3 is 2.44 bits per heavy atom. The molecule has 0 aromatic carbocycles. The summed E-state index contributed by atoms with van der Waals surface area (Å²) in [6.07, 6.45) is 4.37. The third kappa shape index (κ3) is 5.46. The summed E-state index contributed by atoms with van der Waals surface area (Å²) >= 11 is 0. The largest absolute Gasteiger partial charge is 0.441 e. The standard InChI is InChI=1S/C23H20F2N8O3/c1-12-4-5-14(7-26-12)22(34)31-16-9-28-20(29-10-16)18-11-30-33(3)21(18)32-23(35)36-13(2)17-6-15(24)8-27-19(17)25/h4-11,13H,1-3H3,(H,31,34)(H,32,35)/t13-/m1/s1. The molecule has 0 fully saturated rings. The molecule has 1 atom stereocenters. The molecule has 36 heavy (non-hydrogen) atoms. The number of carbonyl (C=O) groups is 2. The van der Waals surface area contributed by atoms with Gasteiger partial charge in [-0.05, 0) is 32.0 Å². The van der Waals surface area contributed by atoms with E-state index in [0.717, 1.165) is 18.0 Å². The van der Waals surface area contributed by atoms with E-state index in [1.54, 1.807) is 19.2 Å². The minimum atomic E-state index is -1.12. The van der Waals surface area contributed by atoms with Crippen LogP contribution in [0.25, 0.3) is 11.4 Å². The van der Waals surface area contributed by atoms with Crippen molar-refractivity contribution in [2.45, 2.75) is 20.0 Å². The minimum absolute atomic E-state index is 0.201. The Bertz CT molecular complexity index is 1410. The summed E-state index contributed by atoms with van der Waals surface area (Å²) in [6, 6.07) is 4.28. The highest BCUT2D eigenvalue weighted by molar-refractivity contribution is 6.03. The van der Waals surface area contributed by atoms with E-state index in [0.29, 0.717) is 16.8 Å². The first-order chi connectivity index (χ1) is 17.2. The van der Waals surface area contributed by atoms with Crippen LogP contribution < -0.4 is 10.6 Å². The van der Waals surface area contributed by atoms with E-state index in [9.17, 15) is 18.4 Å². The normalized spacial score (nSPS) is 11.6. The minimum Gasteiger partial charge on any atom is -0.441 e. The van der Waals surface area contributed by atoms with Crippen molar-refractivity contribution in [3.05, 3.63) is 77.8 Å². The highest BCUT2D eigenvalue weighted by Gasteiger charge is 2.21. The van der Waals surface area contributed by atoms with E-state index in [2.05, 4.69) is 35.7 Å². The van der Waals surface area contributed by atoms with Gasteiger partial charge < -0.3 is 10.1 Å². The molecule has 0 bridgehead atoms. The molecule has 13 heteroatoms. The average Bonchev–Trinajstić information content (AvgIpc) is 3.21. The highest BCUT2D eigenvalue weighted by Crippen LogP contribution is 2.26. The lowest BCUT2D eigenvalue weighted by Gasteiger charge is -2.15. The van der Waals surface area contributed by atoms with Crippen molar-refractivity contribution in [3.8, 4) is 11.4 Å². The number of carbonyl (C=O) groups excluding carboxylic acids is 2. The number of nitrogens with zero attached hydrogens (tertiary/aromatic N) is 6. The van der Waals surface area contributed by atoms with Crippen LogP contribution in [-0.2, 0) is 11.8 Å². The van der Waals surface area contributed by atoms with E-state index in [1.165, 1.54) is 36.4 Å². The number of aryl methyl sites for hydroxylation is 2. The van der Waals surface area contributed by atoms with Crippen LogP contribution in [0.5, 0.6) is 0 Å². The number of nitrogens with one attached hydrogen (secondary N) is 2. The summed E-state index contributed by atoms with van der Waals surface area (Å²) < 4.78 is 33.8. The molecule has 0 aliphatic carbocycles. The quantitative estimate of drug-likeness (QED) is 0.386. The van der Waals surface area contributed by atoms with Gasteiger partial charge in [-0.15, -0.1) is 0 Å². The molecule has 4 aromatic rings. The average molecular weight is 494 g/mol. The van der Waals surface area contributed by atoms with Crippen LogP contribution in [-0.4, -0.2) is 41.7 Å². The van der Waals surface area contributed by atoms with Gasteiger partial charge in [0.1, 0.15) is 17.7 Å². The van der Waals surface area contributed by atoms with Gasteiger partial charge in [-0.25, -0.2) is 24.1 Å². The summed E-state index contributed by atoms with van der Waals surface area (Å²) in [6.45, 7) is 3.20. The summed E-state index contributed by atoms with van der Waals surface area (Å²) in [5.41, 5.74) is 1.67. The van der Waals surface area contributed by atoms with Gasteiger partial charge in [-0.2, -0.15) is 9.49 Å². The second-order valence-electron chi connectivity index (χ2n) is 7.67. The van der Waals surface area contributed by atoms with E-state index < -0.39 is 24.0 Å². The number of aromatic nitrogens is 6. The van der Waals surface area contributed by atoms with Gasteiger partial charge in [0.2, 0.25) is 5.95 Å². The Kier molecular flexibility index (Phi) is 6.90. The molecule has 4 heterocycles. The Balaban J connectivity index is 1.45. The van der Waals surface area contributed by atoms with Crippen LogP contribution >= 0.6 is 0 Å². The van der Waals surface area contributed by atoms with Gasteiger partial charge in [-0.3, -0.25) is 19.8 Å². The topological polar surface area (TPSA) is 137 Å². The number of anilines is 2. The number of hydrogen-bond donors (Lipinski definition) is 2. The molecule has 11 nitrogen and oxygen atoms in total. The number of ether oxygens (including phenoxy) is 1. The van der Waals surface area contributed by atoms with Crippen LogP contribution in [0.1, 0.15) is 34.6 Å². The number of rotatable bonds is 6. The zero-order valence-corrected chi connectivity index (χ0v) is 19.4. The van der Waals surface area contributed by atoms with Gasteiger partial charge in [0.25, 0.3) is 5.91 Å². The Morgan fingerprint density at radius 2 is 1.75 bits per heavy atom. The summed E-state index contributed by atoms with van der Waals surface area (Å²) in [4.78, 5) is 40.7. The SMILES string of the molecule is Cc1ccc(C(=O)Nc2cnc(-c3cnn(C)c3NC(=O)O[C@H](C)c3cc(F)cnc3F)nc2)cn1. The Morgan fingerprint density at radius 1 is 1.00 bits per heavy atom. The fourth-order valence-corrected chi connectivity index (χ4v) is 3.16. The van der Waals surface area contributed by atoms with Crippen molar-refractivity contribution in [3.63, 3.8) is 0 Å². The van der Waals surface area contributed by atoms with Crippen molar-refractivity contribution in [1.29, 1.82) is 0 Å². The van der Waals surface area contributed by atoms with Gasteiger partial charge in [-0.1, -0.05) is 0 Å². The van der Waals surface area contributed by atoms with Crippen LogP contribution in [0.2, 0.25) is 0 Å². The molecule has 0 aliphatic heterocycles. The van der Waals surface area contributed by atoms with Gasteiger partial charge >= 0.3 is 6.09 Å². The molecule has 0 unspecified atom stereocenters. The molecule has 0 aliphatic rings. The van der Waals surface area contributed by atoms with Crippen LogP contribution in [0, 0.1) is 18.7 Å². The lowest BCUT2D eigenvalue weighted by atomic mass is 10.2. The van der Waals surface area contributed by atoms with Crippen molar-refractivity contribution >= 4 is 23.5 Å². The second-order valence-corrected chi connectivity index (χ2v) is 7.67. The smallest absolute Gasteiger partial charge is 0.413 e. The van der Waals surface area contributed by atoms with Crippen LogP contribution in [0.3, 0.4) is 0 Å². The van der Waals surface area contributed by atoms with E-state index in [-0.39, 0.29) is 23.1 Å². The number of amides is 2. The highest BCUT2D eigenvalue weighted by atomic mass is 19.1. The maximum absolute atomic E-state index is 13.9. The van der Waals surface area contributed by atoms with Gasteiger partial charge in [0.05, 0.1) is 47.2 Å². The molecule has 184 valence electrons. The van der Waals surface area contributed by atoms with Crippen molar-refractivity contribution in [2.75, 3.05) is 10.6 Å². The fourth-order valence-electron chi connectivity index (χ4n) is 3.16. The first kappa shape index (κ1) is 24.3. The third-order valence-electron chi connectivity index (χ3n) is 5.04. The molecule has 4 aromatic heterocycles. The molecule has 0 radical (unpaired) electrons. The lowest BCUT2D eigenvalue weighted by Crippen LogP contribution is -2.19. The fraction of sp³-hybridized carbons (Fsp3) is 0.174. The molecule has 0 spiro atoms. The summed E-state index contributed by atoms with van der Waals surface area (Å²) in [5.74, 6) is -1.67. The zero-order chi connectivity index (χ0) is 25.8.